The number of methoxy groups -OCH3 is 1. The highest BCUT2D eigenvalue weighted by molar-refractivity contribution is 7.12. The van der Waals surface area contributed by atoms with E-state index in [1.54, 1.807) is 19.4 Å². The van der Waals surface area contributed by atoms with Gasteiger partial charge in [0, 0.05) is 5.56 Å². The summed E-state index contributed by atoms with van der Waals surface area (Å²) in [6, 6.07) is 15.4. The minimum absolute atomic E-state index is 0.217. The highest BCUT2D eigenvalue weighted by Crippen LogP contribution is 2.26. The van der Waals surface area contributed by atoms with Crippen LogP contribution in [0.5, 0.6) is 5.75 Å². The van der Waals surface area contributed by atoms with Crippen molar-refractivity contribution in [3.8, 4) is 5.75 Å². The maximum absolute atomic E-state index is 11.9. The summed E-state index contributed by atoms with van der Waals surface area (Å²) >= 11 is 1.38. The van der Waals surface area contributed by atoms with Crippen LogP contribution < -0.4 is 10.2 Å². The summed E-state index contributed by atoms with van der Waals surface area (Å²) in [5.74, 6) is 0.498. The van der Waals surface area contributed by atoms with Crippen molar-refractivity contribution in [2.24, 2.45) is 5.10 Å². The zero-order valence-corrected chi connectivity index (χ0v) is 12.8. The summed E-state index contributed by atoms with van der Waals surface area (Å²) in [5, 5.41) is 8.03. The Balaban J connectivity index is 1.89. The van der Waals surface area contributed by atoms with E-state index >= 15 is 0 Å². The van der Waals surface area contributed by atoms with Gasteiger partial charge in [-0.1, -0.05) is 36.4 Å². The molecule has 3 aromatic rings. The second-order valence-electron chi connectivity index (χ2n) is 4.58. The third-order valence-electron chi connectivity index (χ3n) is 3.26. The molecule has 0 bridgehead atoms. The first kappa shape index (κ1) is 14.3. The lowest BCUT2D eigenvalue weighted by Crippen LogP contribution is -2.16. The summed E-state index contributed by atoms with van der Waals surface area (Å²) < 4.78 is 5.38. The topological polar surface area (TPSA) is 50.7 Å². The number of fused-ring (bicyclic) bond motifs is 1. The van der Waals surface area contributed by atoms with Crippen LogP contribution in [0.1, 0.15) is 15.2 Å². The van der Waals surface area contributed by atoms with E-state index in [0.717, 1.165) is 16.3 Å². The van der Waals surface area contributed by atoms with Crippen molar-refractivity contribution in [3.05, 3.63) is 64.4 Å². The van der Waals surface area contributed by atoms with Crippen LogP contribution in [0.2, 0.25) is 0 Å². The van der Waals surface area contributed by atoms with Crippen LogP contribution in [-0.2, 0) is 0 Å². The average Bonchev–Trinajstić information content (AvgIpc) is 3.09. The molecule has 3 rings (SSSR count). The number of hydrogen-bond acceptors (Lipinski definition) is 4. The zero-order chi connectivity index (χ0) is 15.4. The van der Waals surface area contributed by atoms with Gasteiger partial charge in [0.25, 0.3) is 5.91 Å². The predicted molar refractivity (Wildman–Crippen MR) is 89.9 cm³/mol. The van der Waals surface area contributed by atoms with Gasteiger partial charge in [0.15, 0.2) is 0 Å². The van der Waals surface area contributed by atoms with Crippen LogP contribution >= 0.6 is 11.3 Å². The molecular formula is C17H14N2O2S. The van der Waals surface area contributed by atoms with Gasteiger partial charge in [0.05, 0.1) is 18.2 Å². The van der Waals surface area contributed by atoms with Crippen molar-refractivity contribution < 1.29 is 9.53 Å². The summed E-state index contributed by atoms with van der Waals surface area (Å²) in [7, 11) is 1.62. The number of amides is 1. The zero-order valence-electron chi connectivity index (χ0n) is 11.9. The summed E-state index contributed by atoms with van der Waals surface area (Å²) in [6.07, 6.45) is 1.62. The molecule has 0 unspecified atom stereocenters. The number of ether oxygens (including phenoxy) is 1. The van der Waals surface area contributed by atoms with Crippen LogP contribution in [0.15, 0.2) is 59.0 Å². The molecule has 110 valence electrons. The second-order valence-corrected chi connectivity index (χ2v) is 5.53. The molecule has 0 aliphatic heterocycles. The molecule has 0 atom stereocenters. The van der Waals surface area contributed by atoms with E-state index < -0.39 is 0 Å². The number of carbonyl (C=O) groups is 1. The van der Waals surface area contributed by atoms with Crippen LogP contribution in [-0.4, -0.2) is 19.2 Å². The quantitative estimate of drug-likeness (QED) is 0.590. The van der Waals surface area contributed by atoms with Gasteiger partial charge in [-0.15, -0.1) is 11.3 Å². The number of nitrogens with zero attached hydrogens (tertiary/aromatic N) is 1. The molecular weight excluding hydrogens is 296 g/mol. The van der Waals surface area contributed by atoms with Crippen molar-refractivity contribution in [1.29, 1.82) is 0 Å². The van der Waals surface area contributed by atoms with Gasteiger partial charge >= 0.3 is 0 Å². The Hall–Kier alpha value is -2.66. The first-order chi connectivity index (χ1) is 10.8. The number of hydrazone groups is 1. The minimum atomic E-state index is -0.217. The molecule has 0 radical (unpaired) electrons. The molecule has 2 aromatic carbocycles. The maximum Gasteiger partial charge on any atom is 0.281 e. The van der Waals surface area contributed by atoms with E-state index in [2.05, 4.69) is 10.5 Å². The molecule has 0 aliphatic rings. The van der Waals surface area contributed by atoms with E-state index in [0.29, 0.717) is 10.6 Å². The second kappa shape index (κ2) is 6.41. The van der Waals surface area contributed by atoms with Gasteiger partial charge in [-0.25, -0.2) is 5.43 Å². The fourth-order valence-electron chi connectivity index (χ4n) is 2.21. The van der Waals surface area contributed by atoms with Crippen LogP contribution in [0.4, 0.5) is 0 Å². The Labute approximate surface area is 132 Å². The lowest BCUT2D eigenvalue weighted by molar-refractivity contribution is 0.0959. The molecule has 0 spiro atoms. The summed E-state index contributed by atoms with van der Waals surface area (Å²) in [6.45, 7) is 0. The summed E-state index contributed by atoms with van der Waals surface area (Å²) in [4.78, 5) is 12.5. The third kappa shape index (κ3) is 2.84. The van der Waals surface area contributed by atoms with Gasteiger partial charge < -0.3 is 4.74 Å². The van der Waals surface area contributed by atoms with Gasteiger partial charge in [0.2, 0.25) is 0 Å². The van der Waals surface area contributed by atoms with Crippen molar-refractivity contribution in [2.75, 3.05) is 7.11 Å². The highest BCUT2D eigenvalue weighted by atomic mass is 32.1. The number of carbonyl (C=O) groups excluding carboxylic acids is 1. The monoisotopic (exact) mass is 310 g/mol. The minimum Gasteiger partial charge on any atom is -0.496 e. The Bertz CT molecular complexity index is 826. The largest absolute Gasteiger partial charge is 0.496 e. The van der Waals surface area contributed by atoms with E-state index in [-0.39, 0.29) is 5.91 Å². The van der Waals surface area contributed by atoms with Gasteiger partial charge in [-0.2, -0.15) is 5.10 Å². The van der Waals surface area contributed by atoms with Crippen molar-refractivity contribution >= 4 is 34.2 Å². The third-order valence-corrected chi connectivity index (χ3v) is 4.12. The Kier molecular flexibility index (Phi) is 4.16. The molecule has 0 saturated heterocycles. The van der Waals surface area contributed by atoms with Crippen molar-refractivity contribution in [3.63, 3.8) is 0 Å². The standard InChI is InChI=1S/C17H14N2O2S/c1-21-15-9-8-12-5-2-3-6-13(12)14(15)11-18-19-17(20)16-7-4-10-22-16/h2-11H,1H3,(H,19,20)/b18-11+. The average molecular weight is 310 g/mol. The Morgan fingerprint density at radius 3 is 2.82 bits per heavy atom. The molecule has 1 amide bonds. The molecule has 5 heteroatoms. The highest BCUT2D eigenvalue weighted by Gasteiger charge is 2.07. The Morgan fingerprint density at radius 1 is 1.18 bits per heavy atom. The first-order valence-corrected chi connectivity index (χ1v) is 7.60. The lowest BCUT2D eigenvalue weighted by atomic mass is 10.0. The molecule has 0 saturated carbocycles. The SMILES string of the molecule is COc1ccc2ccccc2c1/C=N/NC(=O)c1cccs1. The number of nitrogens with one attached hydrogen (secondary N) is 1. The normalized spacial score (nSPS) is 11.0. The van der Waals surface area contributed by atoms with E-state index in [9.17, 15) is 4.79 Å². The maximum atomic E-state index is 11.9. The van der Waals surface area contributed by atoms with Gasteiger partial charge in [0.1, 0.15) is 5.75 Å². The van der Waals surface area contributed by atoms with Gasteiger partial charge in [-0.3, -0.25) is 4.79 Å². The molecule has 1 heterocycles. The number of rotatable bonds is 4. The van der Waals surface area contributed by atoms with Crippen LogP contribution in [0, 0.1) is 0 Å². The number of hydrogen-bond donors (Lipinski definition) is 1. The first-order valence-electron chi connectivity index (χ1n) is 6.72. The number of thiophene rings is 1. The molecule has 4 nitrogen and oxygen atoms in total. The Morgan fingerprint density at radius 2 is 2.05 bits per heavy atom. The molecule has 1 aromatic heterocycles. The van der Waals surface area contributed by atoms with Crippen LogP contribution in [0.3, 0.4) is 0 Å². The smallest absolute Gasteiger partial charge is 0.281 e. The lowest BCUT2D eigenvalue weighted by Gasteiger charge is -2.08. The molecule has 0 fully saturated rings. The van der Waals surface area contributed by atoms with E-state index in [4.69, 9.17) is 4.74 Å². The predicted octanol–water partition coefficient (Wildman–Crippen LogP) is 3.67. The van der Waals surface area contributed by atoms with Crippen LogP contribution in [0.25, 0.3) is 10.8 Å². The van der Waals surface area contributed by atoms with Crippen molar-refractivity contribution in [2.45, 2.75) is 0 Å². The summed E-state index contributed by atoms with van der Waals surface area (Å²) in [5.41, 5.74) is 3.37. The number of benzene rings is 2. The van der Waals surface area contributed by atoms with Gasteiger partial charge in [-0.05, 0) is 28.3 Å². The van der Waals surface area contributed by atoms with E-state index in [1.165, 1.54) is 11.3 Å². The fraction of sp³-hybridized carbons (Fsp3) is 0.0588. The molecule has 1 N–H and O–H groups in total. The van der Waals surface area contributed by atoms with E-state index in [1.807, 2.05) is 47.8 Å². The molecule has 0 aliphatic carbocycles. The molecule has 22 heavy (non-hydrogen) atoms. The fourth-order valence-corrected chi connectivity index (χ4v) is 2.82. The van der Waals surface area contributed by atoms with Crippen molar-refractivity contribution in [1.82, 2.24) is 5.43 Å².